The molecule has 0 unspecified atom stereocenters. The molecular formula is C14H19N3O4S. The Bertz CT molecular complexity index is 649. The minimum Gasteiger partial charge on any atom is -0.380 e. The molecular weight excluding hydrogens is 306 g/mol. The molecule has 1 aromatic rings. The molecule has 1 aromatic heterocycles. The van der Waals surface area contributed by atoms with Gasteiger partial charge in [0, 0.05) is 25.2 Å². The number of anilines is 1. The number of hydrogen-bond donors (Lipinski definition) is 1. The van der Waals surface area contributed by atoms with Crippen molar-refractivity contribution in [3.8, 4) is 0 Å². The summed E-state index contributed by atoms with van der Waals surface area (Å²) in [4.78, 5) is 16.4. The zero-order chi connectivity index (χ0) is 15.7. The van der Waals surface area contributed by atoms with Crippen molar-refractivity contribution in [3.05, 3.63) is 24.5 Å². The van der Waals surface area contributed by atoms with Crippen LogP contribution in [0.1, 0.15) is 0 Å². The predicted molar refractivity (Wildman–Crippen MR) is 80.6 cm³/mol. The van der Waals surface area contributed by atoms with Crippen LogP contribution in [0.5, 0.6) is 0 Å². The van der Waals surface area contributed by atoms with Crippen LogP contribution in [0.3, 0.4) is 0 Å². The summed E-state index contributed by atoms with van der Waals surface area (Å²) >= 11 is 0. The van der Waals surface area contributed by atoms with Gasteiger partial charge in [0.1, 0.15) is 0 Å². The maximum Gasteiger partial charge on any atom is 0.230 e. The van der Waals surface area contributed by atoms with Crippen molar-refractivity contribution in [1.29, 1.82) is 0 Å². The third kappa shape index (κ3) is 3.13. The van der Waals surface area contributed by atoms with Gasteiger partial charge in [-0.15, -0.1) is 0 Å². The van der Waals surface area contributed by atoms with Crippen molar-refractivity contribution in [3.63, 3.8) is 0 Å². The monoisotopic (exact) mass is 325 g/mol. The minimum absolute atomic E-state index is 0.000136. The molecule has 0 radical (unpaired) electrons. The first kappa shape index (κ1) is 15.4. The molecule has 1 N–H and O–H groups in total. The van der Waals surface area contributed by atoms with E-state index in [1.807, 2.05) is 0 Å². The molecule has 2 aliphatic heterocycles. The molecule has 2 fully saturated rings. The number of hydrogen-bond acceptors (Lipinski definition) is 5. The van der Waals surface area contributed by atoms with Crippen LogP contribution in [0, 0.1) is 17.8 Å². The number of amides is 1. The number of rotatable bonds is 3. The van der Waals surface area contributed by atoms with E-state index in [1.165, 1.54) is 10.6 Å². The lowest BCUT2D eigenvalue weighted by atomic mass is 9.82. The van der Waals surface area contributed by atoms with Gasteiger partial charge in [-0.05, 0) is 18.1 Å². The van der Waals surface area contributed by atoms with Crippen LogP contribution in [0.4, 0.5) is 5.69 Å². The first-order chi connectivity index (χ1) is 10.4. The molecule has 3 atom stereocenters. The summed E-state index contributed by atoms with van der Waals surface area (Å²) in [5.74, 6) is -0.406. The standard InChI is InChI=1S/C14H19N3O4S/c1-22(19,20)17-6-10-8-21-9-13(12(10)7-17)14(18)16-11-3-2-4-15-5-11/h2-5,10,12-13H,6-9H2,1H3,(H,16,18)/t10-,12-,13+/m1/s1. The zero-order valence-electron chi connectivity index (χ0n) is 12.3. The summed E-state index contributed by atoms with van der Waals surface area (Å²) in [6, 6.07) is 3.51. The fourth-order valence-corrected chi connectivity index (χ4v) is 4.08. The highest BCUT2D eigenvalue weighted by Crippen LogP contribution is 2.35. The van der Waals surface area contributed by atoms with Gasteiger partial charge in [0.2, 0.25) is 15.9 Å². The van der Waals surface area contributed by atoms with Crippen LogP contribution in [-0.4, -0.2) is 56.2 Å². The molecule has 3 heterocycles. The highest BCUT2D eigenvalue weighted by molar-refractivity contribution is 7.88. The molecule has 0 saturated carbocycles. The summed E-state index contributed by atoms with van der Waals surface area (Å²) in [6.07, 6.45) is 4.42. The molecule has 22 heavy (non-hydrogen) atoms. The first-order valence-corrected chi connectivity index (χ1v) is 9.04. The van der Waals surface area contributed by atoms with Gasteiger partial charge in [-0.1, -0.05) is 0 Å². The Labute approximate surface area is 129 Å². The van der Waals surface area contributed by atoms with E-state index in [2.05, 4.69) is 10.3 Å². The van der Waals surface area contributed by atoms with Crippen molar-refractivity contribution in [1.82, 2.24) is 9.29 Å². The minimum atomic E-state index is -3.23. The highest BCUT2D eigenvalue weighted by atomic mass is 32.2. The summed E-state index contributed by atoms with van der Waals surface area (Å²) in [5.41, 5.74) is 0.632. The Balaban J connectivity index is 1.72. The van der Waals surface area contributed by atoms with Gasteiger partial charge in [-0.3, -0.25) is 9.78 Å². The van der Waals surface area contributed by atoms with E-state index in [-0.39, 0.29) is 23.7 Å². The fourth-order valence-electron chi connectivity index (χ4n) is 3.17. The van der Waals surface area contributed by atoms with Crippen LogP contribution in [0.25, 0.3) is 0 Å². The second kappa shape index (κ2) is 5.94. The van der Waals surface area contributed by atoms with E-state index >= 15 is 0 Å². The Morgan fingerprint density at radius 1 is 1.41 bits per heavy atom. The average Bonchev–Trinajstić information content (AvgIpc) is 2.92. The van der Waals surface area contributed by atoms with Gasteiger partial charge in [-0.2, -0.15) is 0 Å². The summed E-state index contributed by atoms with van der Waals surface area (Å²) in [7, 11) is -3.23. The molecule has 2 aliphatic rings. The number of nitrogens with one attached hydrogen (secondary N) is 1. The number of carbonyl (C=O) groups is 1. The SMILES string of the molecule is CS(=O)(=O)N1C[C@@H]2COC[C@H](C(=O)Nc3cccnc3)[C@@H]2C1. The second-order valence-electron chi connectivity index (χ2n) is 5.88. The zero-order valence-corrected chi connectivity index (χ0v) is 13.1. The molecule has 0 aliphatic carbocycles. The lowest BCUT2D eigenvalue weighted by Crippen LogP contribution is -2.42. The highest BCUT2D eigenvalue weighted by Gasteiger charge is 2.46. The smallest absolute Gasteiger partial charge is 0.230 e. The quantitative estimate of drug-likeness (QED) is 0.856. The van der Waals surface area contributed by atoms with Crippen molar-refractivity contribution in [2.24, 2.45) is 17.8 Å². The summed E-state index contributed by atoms with van der Waals surface area (Å²) in [6.45, 7) is 1.65. The number of nitrogens with zero attached hydrogens (tertiary/aromatic N) is 2. The third-order valence-electron chi connectivity index (χ3n) is 4.34. The average molecular weight is 325 g/mol. The van der Waals surface area contributed by atoms with Gasteiger partial charge < -0.3 is 10.1 Å². The second-order valence-corrected chi connectivity index (χ2v) is 7.86. The fraction of sp³-hybridized carbons (Fsp3) is 0.571. The number of pyridine rings is 1. The molecule has 3 rings (SSSR count). The summed E-state index contributed by atoms with van der Waals surface area (Å²) < 4.78 is 30.4. The molecule has 0 bridgehead atoms. The molecule has 120 valence electrons. The molecule has 0 spiro atoms. The van der Waals surface area contributed by atoms with Crippen LogP contribution in [0.2, 0.25) is 0 Å². The first-order valence-electron chi connectivity index (χ1n) is 7.19. The number of aromatic nitrogens is 1. The van der Waals surface area contributed by atoms with Crippen molar-refractivity contribution < 1.29 is 17.9 Å². The van der Waals surface area contributed by atoms with Gasteiger partial charge >= 0.3 is 0 Å². The lowest BCUT2D eigenvalue weighted by Gasteiger charge is -2.31. The van der Waals surface area contributed by atoms with Crippen LogP contribution in [-0.2, 0) is 19.6 Å². The topological polar surface area (TPSA) is 88.6 Å². The normalized spacial score (nSPS) is 29.0. The van der Waals surface area contributed by atoms with Crippen molar-refractivity contribution in [2.45, 2.75) is 0 Å². The van der Waals surface area contributed by atoms with Gasteiger partial charge in [0.25, 0.3) is 0 Å². The largest absolute Gasteiger partial charge is 0.380 e. The molecule has 8 heteroatoms. The lowest BCUT2D eigenvalue weighted by molar-refractivity contribution is -0.128. The van der Waals surface area contributed by atoms with Crippen molar-refractivity contribution >= 4 is 21.6 Å². The number of fused-ring (bicyclic) bond motifs is 1. The maximum absolute atomic E-state index is 12.5. The number of sulfonamides is 1. The Kier molecular flexibility index (Phi) is 4.16. The predicted octanol–water partition coefficient (Wildman–Crippen LogP) is 0.174. The van der Waals surface area contributed by atoms with Crippen molar-refractivity contribution in [2.75, 3.05) is 37.9 Å². The Hall–Kier alpha value is -1.51. The number of ether oxygens (including phenoxy) is 1. The Morgan fingerprint density at radius 3 is 2.91 bits per heavy atom. The van der Waals surface area contributed by atoms with E-state index in [0.717, 1.165) is 0 Å². The van der Waals surface area contributed by atoms with E-state index < -0.39 is 10.0 Å². The van der Waals surface area contributed by atoms with Gasteiger partial charge in [0.05, 0.1) is 37.3 Å². The molecule has 1 amide bonds. The van der Waals surface area contributed by atoms with Crippen LogP contribution in [0.15, 0.2) is 24.5 Å². The summed E-state index contributed by atoms with van der Waals surface area (Å²) in [5, 5.41) is 2.83. The Morgan fingerprint density at radius 2 is 2.23 bits per heavy atom. The van der Waals surface area contributed by atoms with Gasteiger partial charge in [0.15, 0.2) is 0 Å². The van der Waals surface area contributed by atoms with Crippen LogP contribution >= 0.6 is 0 Å². The third-order valence-corrected chi connectivity index (χ3v) is 5.58. The molecule has 0 aromatic carbocycles. The molecule has 7 nitrogen and oxygen atoms in total. The van der Waals surface area contributed by atoms with E-state index in [9.17, 15) is 13.2 Å². The number of carbonyl (C=O) groups excluding carboxylic acids is 1. The molecule has 2 saturated heterocycles. The van der Waals surface area contributed by atoms with Gasteiger partial charge in [-0.25, -0.2) is 12.7 Å². The van der Waals surface area contributed by atoms with E-state index in [1.54, 1.807) is 24.5 Å². The van der Waals surface area contributed by atoms with Crippen LogP contribution < -0.4 is 5.32 Å². The maximum atomic E-state index is 12.5. The van der Waals surface area contributed by atoms with E-state index in [4.69, 9.17) is 4.74 Å². The van der Waals surface area contributed by atoms with E-state index in [0.29, 0.717) is 32.0 Å².